The molecule has 0 radical (unpaired) electrons. The fraction of sp³-hybridized carbons (Fsp3) is 0.278. The van der Waals surface area contributed by atoms with Crippen LogP contribution in [-0.2, 0) is 0 Å². The lowest BCUT2D eigenvalue weighted by atomic mass is 9.96. The van der Waals surface area contributed by atoms with Crippen molar-refractivity contribution in [2.45, 2.75) is 18.8 Å². The molecule has 0 N–H and O–H groups in total. The summed E-state index contributed by atoms with van der Waals surface area (Å²) >= 11 is 0. The van der Waals surface area contributed by atoms with E-state index in [1.807, 2.05) is 17.0 Å². The van der Waals surface area contributed by atoms with Gasteiger partial charge in [0.15, 0.2) is 5.82 Å². The first kappa shape index (κ1) is 15.4. The van der Waals surface area contributed by atoms with Gasteiger partial charge in [-0.15, -0.1) is 0 Å². The van der Waals surface area contributed by atoms with Crippen molar-refractivity contribution < 1.29 is 9.32 Å². The number of hydrogen-bond donors (Lipinski definition) is 0. The summed E-state index contributed by atoms with van der Waals surface area (Å²) in [5.41, 5.74) is 1.48. The molecule has 1 saturated heterocycles. The topological polar surface area (TPSA) is 85.0 Å². The highest BCUT2D eigenvalue weighted by Gasteiger charge is 2.27. The van der Waals surface area contributed by atoms with Crippen LogP contribution in [0, 0.1) is 0 Å². The van der Waals surface area contributed by atoms with E-state index in [9.17, 15) is 4.79 Å². The number of amides is 1. The molecule has 0 unspecified atom stereocenters. The van der Waals surface area contributed by atoms with Crippen LogP contribution in [0.5, 0.6) is 0 Å². The first-order chi connectivity index (χ1) is 12.3. The van der Waals surface area contributed by atoms with E-state index in [1.54, 1.807) is 36.9 Å². The molecule has 25 heavy (non-hydrogen) atoms. The minimum Gasteiger partial charge on any atom is -0.339 e. The number of pyridine rings is 2. The molecule has 0 atom stereocenters. The Morgan fingerprint density at radius 2 is 1.88 bits per heavy atom. The molecular formula is C18H17N5O2. The van der Waals surface area contributed by atoms with Crippen LogP contribution in [0.3, 0.4) is 0 Å². The summed E-state index contributed by atoms with van der Waals surface area (Å²) < 4.78 is 5.37. The lowest BCUT2D eigenvalue weighted by molar-refractivity contribution is 0.0710. The molecular weight excluding hydrogens is 318 g/mol. The highest BCUT2D eigenvalue weighted by molar-refractivity contribution is 5.93. The van der Waals surface area contributed by atoms with Gasteiger partial charge in [-0.05, 0) is 37.1 Å². The van der Waals surface area contributed by atoms with Gasteiger partial charge in [-0.2, -0.15) is 4.98 Å². The zero-order valence-corrected chi connectivity index (χ0v) is 13.6. The second kappa shape index (κ2) is 6.80. The fourth-order valence-corrected chi connectivity index (χ4v) is 3.03. The van der Waals surface area contributed by atoms with Crippen molar-refractivity contribution in [2.24, 2.45) is 0 Å². The SMILES string of the molecule is O=C(c1cccnc1)N1CCC(c2noc(-c3ccncc3)n2)CC1. The molecule has 3 aromatic heterocycles. The van der Waals surface area contributed by atoms with E-state index in [0.717, 1.165) is 18.4 Å². The number of likely N-dealkylation sites (tertiary alicyclic amines) is 1. The normalized spacial score (nSPS) is 15.3. The first-order valence-electron chi connectivity index (χ1n) is 8.24. The van der Waals surface area contributed by atoms with Crippen LogP contribution in [0.1, 0.15) is 34.9 Å². The summed E-state index contributed by atoms with van der Waals surface area (Å²) in [5.74, 6) is 1.45. The molecule has 4 heterocycles. The minimum atomic E-state index is 0.0251. The molecule has 1 fully saturated rings. The van der Waals surface area contributed by atoms with Gasteiger partial charge in [-0.3, -0.25) is 14.8 Å². The van der Waals surface area contributed by atoms with Gasteiger partial charge in [-0.25, -0.2) is 0 Å². The monoisotopic (exact) mass is 335 g/mol. The van der Waals surface area contributed by atoms with Crippen molar-refractivity contribution in [3.05, 3.63) is 60.4 Å². The number of hydrogen-bond acceptors (Lipinski definition) is 6. The maximum atomic E-state index is 12.5. The Balaban J connectivity index is 1.41. The number of carbonyl (C=O) groups excluding carboxylic acids is 1. The third-order valence-corrected chi connectivity index (χ3v) is 4.42. The number of aromatic nitrogens is 4. The van der Waals surface area contributed by atoms with Crippen LogP contribution in [0.2, 0.25) is 0 Å². The Kier molecular flexibility index (Phi) is 4.20. The first-order valence-corrected chi connectivity index (χ1v) is 8.24. The lowest BCUT2D eigenvalue weighted by Gasteiger charge is -2.30. The van der Waals surface area contributed by atoms with Crippen LogP contribution in [0.4, 0.5) is 0 Å². The smallest absolute Gasteiger partial charge is 0.258 e. The summed E-state index contributed by atoms with van der Waals surface area (Å²) in [7, 11) is 0. The minimum absolute atomic E-state index is 0.0251. The van der Waals surface area contributed by atoms with Gasteiger partial charge in [0.05, 0.1) is 5.56 Å². The van der Waals surface area contributed by atoms with Gasteiger partial charge in [0.2, 0.25) is 0 Å². The predicted molar refractivity (Wildman–Crippen MR) is 89.6 cm³/mol. The van der Waals surface area contributed by atoms with Crippen molar-refractivity contribution in [2.75, 3.05) is 13.1 Å². The van der Waals surface area contributed by atoms with Gasteiger partial charge in [0.25, 0.3) is 11.8 Å². The van der Waals surface area contributed by atoms with E-state index in [4.69, 9.17) is 4.52 Å². The van der Waals surface area contributed by atoms with Gasteiger partial charge >= 0.3 is 0 Å². The van der Waals surface area contributed by atoms with Crippen LogP contribution in [-0.4, -0.2) is 44.0 Å². The average Bonchev–Trinajstić information content (AvgIpc) is 3.19. The second-order valence-electron chi connectivity index (χ2n) is 6.00. The van der Waals surface area contributed by atoms with Crippen molar-refractivity contribution in [1.82, 2.24) is 25.0 Å². The Hall–Kier alpha value is -3.09. The quantitative estimate of drug-likeness (QED) is 0.731. The Bertz CT molecular complexity index is 842. The highest BCUT2D eigenvalue weighted by Crippen LogP contribution is 2.28. The summed E-state index contributed by atoms with van der Waals surface area (Å²) in [6, 6.07) is 7.25. The highest BCUT2D eigenvalue weighted by atomic mass is 16.5. The summed E-state index contributed by atoms with van der Waals surface area (Å²) in [5, 5.41) is 4.12. The average molecular weight is 335 g/mol. The van der Waals surface area contributed by atoms with Crippen LogP contribution in [0.25, 0.3) is 11.5 Å². The van der Waals surface area contributed by atoms with Crippen molar-refractivity contribution in [3.8, 4) is 11.5 Å². The summed E-state index contributed by atoms with van der Waals surface area (Å²) in [4.78, 5) is 26.8. The van der Waals surface area contributed by atoms with Crippen LogP contribution in [0.15, 0.2) is 53.6 Å². The van der Waals surface area contributed by atoms with E-state index in [-0.39, 0.29) is 11.8 Å². The number of piperidine rings is 1. The standard InChI is InChI=1S/C18H17N5O2/c24-18(15-2-1-7-20-12-15)23-10-5-13(6-11-23)16-21-17(25-22-16)14-3-8-19-9-4-14/h1-4,7-9,12-13H,5-6,10-11H2. The molecule has 1 amide bonds. The van der Waals surface area contributed by atoms with Crippen molar-refractivity contribution in [3.63, 3.8) is 0 Å². The third kappa shape index (κ3) is 3.26. The molecule has 1 aliphatic heterocycles. The molecule has 7 nitrogen and oxygen atoms in total. The van der Waals surface area contributed by atoms with Gasteiger partial charge in [0, 0.05) is 49.4 Å². The maximum absolute atomic E-state index is 12.5. The predicted octanol–water partition coefficient (Wildman–Crippen LogP) is 2.55. The summed E-state index contributed by atoms with van der Waals surface area (Å²) in [6.45, 7) is 1.36. The van der Waals surface area contributed by atoms with Gasteiger partial charge in [0.1, 0.15) is 0 Å². The fourth-order valence-electron chi connectivity index (χ4n) is 3.03. The van der Waals surface area contributed by atoms with Gasteiger partial charge in [-0.1, -0.05) is 5.16 Å². The zero-order chi connectivity index (χ0) is 17.1. The summed E-state index contributed by atoms with van der Waals surface area (Å²) in [6.07, 6.45) is 8.31. The molecule has 0 saturated carbocycles. The van der Waals surface area contributed by atoms with E-state index >= 15 is 0 Å². The van der Waals surface area contributed by atoms with E-state index in [0.29, 0.717) is 30.4 Å². The van der Waals surface area contributed by atoms with Crippen molar-refractivity contribution >= 4 is 5.91 Å². The van der Waals surface area contributed by atoms with E-state index in [2.05, 4.69) is 20.1 Å². The number of carbonyl (C=O) groups is 1. The number of rotatable bonds is 3. The molecule has 7 heteroatoms. The van der Waals surface area contributed by atoms with Gasteiger partial charge < -0.3 is 9.42 Å². The van der Waals surface area contributed by atoms with Crippen molar-refractivity contribution in [1.29, 1.82) is 0 Å². The Morgan fingerprint density at radius 3 is 2.60 bits per heavy atom. The molecule has 126 valence electrons. The molecule has 4 rings (SSSR count). The molecule has 0 spiro atoms. The third-order valence-electron chi connectivity index (χ3n) is 4.42. The second-order valence-corrected chi connectivity index (χ2v) is 6.00. The van der Waals surface area contributed by atoms with E-state index < -0.39 is 0 Å². The zero-order valence-electron chi connectivity index (χ0n) is 13.6. The Morgan fingerprint density at radius 1 is 1.08 bits per heavy atom. The Labute approximate surface area is 144 Å². The largest absolute Gasteiger partial charge is 0.339 e. The van der Waals surface area contributed by atoms with Crippen LogP contribution < -0.4 is 0 Å². The van der Waals surface area contributed by atoms with E-state index in [1.165, 1.54) is 0 Å². The molecule has 3 aromatic rings. The van der Waals surface area contributed by atoms with Crippen LogP contribution >= 0.6 is 0 Å². The molecule has 0 aromatic carbocycles. The number of nitrogens with zero attached hydrogens (tertiary/aromatic N) is 5. The lowest BCUT2D eigenvalue weighted by Crippen LogP contribution is -2.38. The molecule has 0 bridgehead atoms. The molecule has 0 aliphatic carbocycles. The molecule has 1 aliphatic rings. The maximum Gasteiger partial charge on any atom is 0.258 e.